The SMILES string of the molecule is Fc1ccc(-c2nc(C3CCNCC3)[nH]c2-c2ccnc(N=Nc3ccccc3)n2)cc1. The summed E-state index contributed by atoms with van der Waals surface area (Å²) in [7, 11) is 0. The first-order valence-corrected chi connectivity index (χ1v) is 10.6. The summed E-state index contributed by atoms with van der Waals surface area (Å²) in [5.74, 6) is 1.24. The molecule has 2 aromatic heterocycles. The molecule has 0 spiro atoms. The first-order valence-electron chi connectivity index (χ1n) is 10.6. The fraction of sp³-hybridized carbons (Fsp3) is 0.208. The third-order valence-corrected chi connectivity index (χ3v) is 5.48. The first kappa shape index (κ1) is 20.1. The average molecular weight is 427 g/mol. The normalized spacial score (nSPS) is 14.8. The minimum atomic E-state index is -0.282. The number of aromatic nitrogens is 4. The second-order valence-corrected chi connectivity index (χ2v) is 7.65. The number of rotatable bonds is 5. The van der Waals surface area contributed by atoms with Crippen LogP contribution in [0.15, 0.2) is 77.1 Å². The Morgan fingerprint density at radius 1 is 0.875 bits per heavy atom. The van der Waals surface area contributed by atoms with Gasteiger partial charge in [0.15, 0.2) is 0 Å². The molecule has 32 heavy (non-hydrogen) atoms. The quantitative estimate of drug-likeness (QED) is 0.408. The fourth-order valence-electron chi connectivity index (χ4n) is 3.82. The van der Waals surface area contributed by atoms with Crippen molar-refractivity contribution in [1.82, 2.24) is 25.3 Å². The Balaban J connectivity index is 1.53. The number of hydrogen-bond donors (Lipinski definition) is 2. The highest BCUT2D eigenvalue weighted by Gasteiger charge is 2.23. The predicted molar refractivity (Wildman–Crippen MR) is 120 cm³/mol. The van der Waals surface area contributed by atoms with Gasteiger partial charge in [-0.3, -0.25) is 0 Å². The maximum atomic E-state index is 13.5. The number of aromatic amines is 1. The van der Waals surface area contributed by atoms with Crippen LogP contribution >= 0.6 is 0 Å². The van der Waals surface area contributed by atoms with Crippen molar-refractivity contribution in [1.29, 1.82) is 0 Å². The van der Waals surface area contributed by atoms with Crippen molar-refractivity contribution in [2.75, 3.05) is 13.1 Å². The van der Waals surface area contributed by atoms with Crippen LogP contribution in [-0.2, 0) is 0 Å². The minimum absolute atomic E-state index is 0.259. The van der Waals surface area contributed by atoms with E-state index in [0.29, 0.717) is 11.6 Å². The van der Waals surface area contributed by atoms with E-state index in [1.54, 1.807) is 18.3 Å². The standard InChI is InChI=1S/C24H22FN7/c25-18-8-6-16(7-9-18)21-22(30-23(29-21)17-10-13-26-14-11-17)20-12-15-27-24(28-20)32-31-19-4-2-1-3-5-19/h1-9,12,15,17,26H,10-11,13-14H2,(H,29,30). The van der Waals surface area contributed by atoms with Gasteiger partial charge in [0, 0.05) is 17.7 Å². The van der Waals surface area contributed by atoms with Crippen LogP contribution in [0.3, 0.4) is 0 Å². The largest absolute Gasteiger partial charge is 0.340 e. The van der Waals surface area contributed by atoms with Crippen molar-refractivity contribution < 1.29 is 4.39 Å². The molecule has 2 N–H and O–H groups in total. The van der Waals surface area contributed by atoms with E-state index in [1.807, 2.05) is 36.4 Å². The van der Waals surface area contributed by atoms with Gasteiger partial charge in [-0.25, -0.2) is 19.3 Å². The van der Waals surface area contributed by atoms with E-state index >= 15 is 0 Å². The molecule has 4 aromatic rings. The van der Waals surface area contributed by atoms with Crippen molar-refractivity contribution in [3.05, 3.63) is 78.5 Å². The van der Waals surface area contributed by atoms with Gasteiger partial charge in [0.1, 0.15) is 11.6 Å². The summed E-state index contributed by atoms with van der Waals surface area (Å²) in [6.07, 6.45) is 3.67. The van der Waals surface area contributed by atoms with E-state index in [2.05, 4.69) is 30.5 Å². The molecule has 0 amide bonds. The molecule has 160 valence electrons. The van der Waals surface area contributed by atoms with Gasteiger partial charge in [-0.2, -0.15) is 0 Å². The van der Waals surface area contributed by atoms with E-state index in [1.165, 1.54) is 12.1 Å². The molecule has 7 nitrogen and oxygen atoms in total. The van der Waals surface area contributed by atoms with Crippen LogP contribution in [0, 0.1) is 5.82 Å². The number of hydrogen-bond acceptors (Lipinski definition) is 6. The number of benzene rings is 2. The molecule has 0 unspecified atom stereocenters. The van der Waals surface area contributed by atoms with E-state index in [0.717, 1.165) is 54.4 Å². The Morgan fingerprint density at radius 3 is 2.44 bits per heavy atom. The maximum Gasteiger partial charge on any atom is 0.269 e. The summed E-state index contributed by atoms with van der Waals surface area (Å²) in [5, 5.41) is 11.8. The Hall–Kier alpha value is -3.78. The predicted octanol–water partition coefficient (Wildman–Crippen LogP) is 5.56. The van der Waals surface area contributed by atoms with Gasteiger partial charge >= 0.3 is 0 Å². The number of halogens is 1. The first-order chi connectivity index (χ1) is 15.8. The van der Waals surface area contributed by atoms with Gasteiger partial charge in [0.05, 0.1) is 22.8 Å². The number of nitrogens with zero attached hydrogens (tertiary/aromatic N) is 5. The number of H-pyrrole nitrogens is 1. The van der Waals surface area contributed by atoms with Gasteiger partial charge < -0.3 is 10.3 Å². The summed E-state index contributed by atoms with van der Waals surface area (Å²) in [6, 6.07) is 17.6. The van der Waals surface area contributed by atoms with Crippen LogP contribution < -0.4 is 5.32 Å². The molecule has 8 heteroatoms. The lowest BCUT2D eigenvalue weighted by Crippen LogP contribution is -2.27. The van der Waals surface area contributed by atoms with Gasteiger partial charge in [0.2, 0.25) is 0 Å². The zero-order valence-corrected chi connectivity index (χ0v) is 17.4. The molecule has 1 fully saturated rings. The smallest absolute Gasteiger partial charge is 0.269 e. The summed E-state index contributed by atoms with van der Waals surface area (Å²) in [6.45, 7) is 1.92. The number of azo groups is 1. The van der Waals surface area contributed by atoms with Crippen LogP contribution in [0.4, 0.5) is 16.0 Å². The summed E-state index contributed by atoms with van der Waals surface area (Å²) < 4.78 is 13.5. The van der Waals surface area contributed by atoms with Gasteiger partial charge in [0.25, 0.3) is 5.95 Å². The molecule has 1 saturated heterocycles. The monoisotopic (exact) mass is 427 g/mol. The van der Waals surface area contributed by atoms with E-state index in [4.69, 9.17) is 4.98 Å². The Morgan fingerprint density at radius 2 is 1.66 bits per heavy atom. The molecule has 0 aliphatic carbocycles. The Labute approximate surface area is 184 Å². The zero-order valence-electron chi connectivity index (χ0n) is 17.4. The number of imidazole rings is 1. The maximum absolute atomic E-state index is 13.5. The fourth-order valence-corrected chi connectivity index (χ4v) is 3.82. The highest BCUT2D eigenvalue weighted by molar-refractivity contribution is 5.77. The highest BCUT2D eigenvalue weighted by atomic mass is 19.1. The van der Waals surface area contributed by atoms with Crippen molar-refractivity contribution in [2.45, 2.75) is 18.8 Å². The molecule has 5 rings (SSSR count). The van der Waals surface area contributed by atoms with Gasteiger partial charge in [-0.15, -0.1) is 10.2 Å². The van der Waals surface area contributed by atoms with E-state index in [9.17, 15) is 4.39 Å². The van der Waals surface area contributed by atoms with Crippen LogP contribution in [0.25, 0.3) is 22.6 Å². The zero-order chi connectivity index (χ0) is 21.8. The van der Waals surface area contributed by atoms with E-state index < -0.39 is 0 Å². The molecular weight excluding hydrogens is 405 g/mol. The minimum Gasteiger partial charge on any atom is -0.340 e. The Bertz CT molecular complexity index is 1210. The lowest BCUT2D eigenvalue weighted by molar-refractivity contribution is 0.447. The molecule has 0 bridgehead atoms. The summed E-state index contributed by atoms with van der Waals surface area (Å²) in [4.78, 5) is 17.2. The van der Waals surface area contributed by atoms with Crippen LogP contribution in [0.2, 0.25) is 0 Å². The second-order valence-electron chi connectivity index (χ2n) is 7.65. The van der Waals surface area contributed by atoms with Crippen LogP contribution in [-0.4, -0.2) is 33.0 Å². The summed E-state index contributed by atoms with van der Waals surface area (Å²) >= 11 is 0. The molecule has 3 heterocycles. The molecule has 1 aliphatic rings. The lowest BCUT2D eigenvalue weighted by atomic mass is 9.98. The molecule has 1 aliphatic heterocycles. The second kappa shape index (κ2) is 9.15. The van der Waals surface area contributed by atoms with Crippen molar-refractivity contribution in [3.8, 4) is 22.6 Å². The highest BCUT2D eigenvalue weighted by Crippen LogP contribution is 2.33. The number of piperidine rings is 1. The topological polar surface area (TPSA) is 91.2 Å². The molecule has 0 saturated carbocycles. The van der Waals surface area contributed by atoms with Crippen molar-refractivity contribution in [3.63, 3.8) is 0 Å². The molecule has 0 atom stereocenters. The van der Waals surface area contributed by atoms with Gasteiger partial charge in [-0.1, -0.05) is 18.2 Å². The van der Waals surface area contributed by atoms with Crippen molar-refractivity contribution in [2.24, 2.45) is 10.2 Å². The Kier molecular flexibility index (Phi) is 5.76. The average Bonchev–Trinajstić information content (AvgIpc) is 3.30. The van der Waals surface area contributed by atoms with Crippen LogP contribution in [0.5, 0.6) is 0 Å². The molecule has 2 aromatic carbocycles. The third-order valence-electron chi connectivity index (χ3n) is 5.48. The third kappa shape index (κ3) is 4.45. The molecular formula is C24H22FN7. The lowest BCUT2D eigenvalue weighted by Gasteiger charge is -2.20. The number of nitrogens with one attached hydrogen (secondary N) is 2. The summed E-state index contributed by atoms with van der Waals surface area (Å²) in [5.41, 5.74) is 3.72. The van der Waals surface area contributed by atoms with E-state index in [-0.39, 0.29) is 11.8 Å². The van der Waals surface area contributed by atoms with Gasteiger partial charge in [-0.05, 0) is 68.4 Å². The van der Waals surface area contributed by atoms with Crippen LogP contribution in [0.1, 0.15) is 24.6 Å². The molecule has 0 radical (unpaired) electrons. The van der Waals surface area contributed by atoms with Crippen molar-refractivity contribution >= 4 is 11.6 Å².